The number of carbonyl (C=O) groups excluding carboxylic acids is 3. The van der Waals surface area contributed by atoms with Crippen LogP contribution in [0.4, 0.5) is 4.79 Å². The van der Waals surface area contributed by atoms with Gasteiger partial charge in [0.1, 0.15) is 6.54 Å². The van der Waals surface area contributed by atoms with Crippen LogP contribution in [0.2, 0.25) is 0 Å². The lowest BCUT2D eigenvalue weighted by molar-refractivity contribution is -0.150. The van der Waals surface area contributed by atoms with Crippen molar-refractivity contribution in [2.45, 2.75) is 26.4 Å². The number of hydrogen-bond acceptors (Lipinski definition) is 4. The first-order valence-electron chi connectivity index (χ1n) is 4.82. The van der Waals surface area contributed by atoms with Crippen molar-refractivity contribution in [3.05, 3.63) is 0 Å². The van der Waals surface area contributed by atoms with Crippen LogP contribution in [-0.2, 0) is 14.3 Å². The SMILES string of the molecule is CCC(C)OC(=O)CN1C(=O)CNC1=O. The Bertz CT molecular complexity index is 274. The Morgan fingerprint density at radius 3 is 2.73 bits per heavy atom. The summed E-state index contributed by atoms with van der Waals surface area (Å²) in [5.74, 6) is -0.962. The summed E-state index contributed by atoms with van der Waals surface area (Å²) in [6, 6.07) is -0.541. The van der Waals surface area contributed by atoms with Crippen LogP contribution in [0, 0.1) is 0 Å². The largest absolute Gasteiger partial charge is 0.461 e. The Balaban J connectivity index is 2.44. The number of esters is 1. The quantitative estimate of drug-likeness (QED) is 0.523. The van der Waals surface area contributed by atoms with Crippen molar-refractivity contribution in [1.82, 2.24) is 10.2 Å². The van der Waals surface area contributed by atoms with E-state index >= 15 is 0 Å². The third-order valence-electron chi connectivity index (χ3n) is 2.13. The Hall–Kier alpha value is -1.59. The van der Waals surface area contributed by atoms with Crippen LogP contribution in [-0.4, -0.2) is 42.0 Å². The summed E-state index contributed by atoms with van der Waals surface area (Å²) >= 11 is 0. The minimum absolute atomic E-state index is 0.0462. The van der Waals surface area contributed by atoms with E-state index in [0.717, 1.165) is 4.90 Å². The van der Waals surface area contributed by atoms with E-state index < -0.39 is 17.9 Å². The van der Waals surface area contributed by atoms with E-state index in [-0.39, 0.29) is 19.2 Å². The maximum absolute atomic E-state index is 11.3. The molecular weight excluding hydrogens is 200 g/mol. The Morgan fingerprint density at radius 1 is 1.60 bits per heavy atom. The third kappa shape index (κ3) is 2.93. The topological polar surface area (TPSA) is 75.7 Å². The molecule has 1 rings (SSSR count). The van der Waals surface area contributed by atoms with Gasteiger partial charge in [-0.1, -0.05) is 6.92 Å². The molecule has 1 unspecified atom stereocenters. The average molecular weight is 214 g/mol. The van der Waals surface area contributed by atoms with Crippen LogP contribution in [0.3, 0.4) is 0 Å². The number of nitrogens with zero attached hydrogens (tertiary/aromatic N) is 1. The van der Waals surface area contributed by atoms with E-state index in [2.05, 4.69) is 5.32 Å². The van der Waals surface area contributed by atoms with Crippen LogP contribution in [0.15, 0.2) is 0 Å². The highest BCUT2D eigenvalue weighted by Gasteiger charge is 2.30. The van der Waals surface area contributed by atoms with Gasteiger partial charge in [-0.3, -0.25) is 14.5 Å². The van der Waals surface area contributed by atoms with Gasteiger partial charge in [0.25, 0.3) is 5.91 Å². The maximum Gasteiger partial charge on any atom is 0.326 e. The molecule has 0 aliphatic carbocycles. The van der Waals surface area contributed by atoms with E-state index in [0.29, 0.717) is 6.42 Å². The predicted molar refractivity (Wildman–Crippen MR) is 51.0 cm³/mol. The van der Waals surface area contributed by atoms with Gasteiger partial charge < -0.3 is 10.1 Å². The molecule has 1 saturated heterocycles. The summed E-state index contributed by atoms with van der Waals surface area (Å²) in [5.41, 5.74) is 0. The minimum atomic E-state index is -0.560. The second kappa shape index (κ2) is 4.77. The van der Waals surface area contributed by atoms with Crippen molar-refractivity contribution in [3.8, 4) is 0 Å². The molecule has 15 heavy (non-hydrogen) atoms. The number of carbonyl (C=O) groups is 3. The minimum Gasteiger partial charge on any atom is -0.461 e. The van der Waals surface area contributed by atoms with Gasteiger partial charge in [-0.25, -0.2) is 4.79 Å². The molecule has 0 aromatic heterocycles. The zero-order valence-electron chi connectivity index (χ0n) is 8.78. The smallest absolute Gasteiger partial charge is 0.326 e. The molecule has 84 valence electrons. The molecule has 6 heteroatoms. The highest BCUT2D eigenvalue weighted by atomic mass is 16.5. The van der Waals surface area contributed by atoms with Gasteiger partial charge in [-0.2, -0.15) is 0 Å². The lowest BCUT2D eigenvalue weighted by Gasteiger charge is -2.14. The first kappa shape index (κ1) is 11.5. The number of rotatable bonds is 4. The average Bonchev–Trinajstić information content (AvgIpc) is 2.49. The first-order valence-corrected chi connectivity index (χ1v) is 4.82. The Kier molecular flexibility index (Phi) is 3.65. The normalized spacial score (nSPS) is 17.6. The van der Waals surface area contributed by atoms with Gasteiger partial charge in [0.15, 0.2) is 0 Å². The Morgan fingerprint density at radius 2 is 2.27 bits per heavy atom. The van der Waals surface area contributed by atoms with E-state index in [1.54, 1.807) is 6.92 Å². The van der Waals surface area contributed by atoms with Crippen molar-refractivity contribution in [2.24, 2.45) is 0 Å². The summed E-state index contributed by atoms with van der Waals surface area (Å²) in [4.78, 5) is 34.3. The fourth-order valence-electron chi connectivity index (χ4n) is 1.09. The fraction of sp³-hybridized carbons (Fsp3) is 0.667. The van der Waals surface area contributed by atoms with Crippen LogP contribution >= 0.6 is 0 Å². The van der Waals surface area contributed by atoms with Gasteiger partial charge in [0.2, 0.25) is 0 Å². The molecule has 1 N–H and O–H groups in total. The van der Waals surface area contributed by atoms with E-state index in [4.69, 9.17) is 4.74 Å². The third-order valence-corrected chi connectivity index (χ3v) is 2.13. The predicted octanol–water partition coefficient (Wildman–Crippen LogP) is -0.120. The van der Waals surface area contributed by atoms with Crippen LogP contribution in [0.25, 0.3) is 0 Å². The number of nitrogens with one attached hydrogen (secondary N) is 1. The molecule has 0 aromatic rings. The molecule has 0 saturated carbocycles. The molecule has 0 aromatic carbocycles. The molecule has 1 aliphatic heterocycles. The van der Waals surface area contributed by atoms with Gasteiger partial charge >= 0.3 is 12.0 Å². The number of urea groups is 1. The van der Waals surface area contributed by atoms with E-state index in [1.165, 1.54) is 0 Å². The van der Waals surface area contributed by atoms with Crippen LogP contribution in [0.1, 0.15) is 20.3 Å². The van der Waals surface area contributed by atoms with Crippen LogP contribution in [0.5, 0.6) is 0 Å². The summed E-state index contributed by atoms with van der Waals surface area (Å²) in [6.07, 6.45) is 0.504. The van der Waals surface area contributed by atoms with E-state index in [1.807, 2.05) is 6.92 Å². The summed E-state index contributed by atoms with van der Waals surface area (Å²) in [7, 11) is 0. The molecule has 6 nitrogen and oxygen atoms in total. The van der Waals surface area contributed by atoms with Crippen molar-refractivity contribution in [1.29, 1.82) is 0 Å². The lowest BCUT2D eigenvalue weighted by atomic mass is 10.3. The van der Waals surface area contributed by atoms with Gasteiger partial charge in [-0.05, 0) is 13.3 Å². The number of amides is 3. The number of hydrogen-bond donors (Lipinski definition) is 1. The standard InChI is InChI=1S/C9H14N2O4/c1-3-6(2)15-8(13)5-11-7(12)4-10-9(11)14/h6H,3-5H2,1-2H3,(H,10,14). The second-order valence-corrected chi connectivity index (χ2v) is 3.35. The summed E-state index contributed by atoms with van der Waals surface area (Å²) in [5, 5.41) is 2.32. The molecule has 0 bridgehead atoms. The fourth-order valence-corrected chi connectivity index (χ4v) is 1.09. The zero-order valence-corrected chi connectivity index (χ0v) is 8.78. The molecule has 1 fully saturated rings. The van der Waals surface area contributed by atoms with Crippen molar-refractivity contribution in [3.63, 3.8) is 0 Å². The highest BCUT2D eigenvalue weighted by molar-refractivity contribution is 6.04. The lowest BCUT2D eigenvalue weighted by Crippen LogP contribution is -2.37. The number of ether oxygens (including phenoxy) is 1. The van der Waals surface area contributed by atoms with Gasteiger partial charge in [0, 0.05) is 0 Å². The van der Waals surface area contributed by atoms with Crippen molar-refractivity contribution in [2.75, 3.05) is 13.1 Å². The summed E-state index contributed by atoms with van der Waals surface area (Å²) < 4.78 is 4.95. The molecule has 0 radical (unpaired) electrons. The Labute approximate surface area is 87.6 Å². The summed E-state index contributed by atoms with van der Waals surface area (Å²) in [6.45, 7) is 3.28. The molecule has 1 aliphatic rings. The zero-order chi connectivity index (χ0) is 11.4. The molecule has 3 amide bonds. The first-order chi connectivity index (χ1) is 7.04. The number of imide groups is 1. The molecule has 1 atom stereocenters. The monoisotopic (exact) mass is 214 g/mol. The van der Waals surface area contributed by atoms with Gasteiger partial charge in [-0.15, -0.1) is 0 Å². The molecule has 0 spiro atoms. The second-order valence-electron chi connectivity index (χ2n) is 3.35. The maximum atomic E-state index is 11.3. The van der Waals surface area contributed by atoms with E-state index in [9.17, 15) is 14.4 Å². The molecule has 1 heterocycles. The highest BCUT2D eigenvalue weighted by Crippen LogP contribution is 2.02. The van der Waals surface area contributed by atoms with Crippen LogP contribution < -0.4 is 5.32 Å². The van der Waals surface area contributed by atoms with Gasteiger partial charge in [0.05, 0.1) is 12.6 Å². The molecular formula is C9H14N2O4. The van der Waals surface area contributed by atoms with Crippen molar-refractivity contribution >= 4 is 17.9 Å². The van der Waals surface area contributed by atoms with Crippen molar-refractivity contribution < 1.29 is 19.1 Å².